The van der Waals surface area contributed by atoms with E-state index in [1.165, 1.54) is 57.9 Å². The first-order valence-corrected chi connectivity index (χ1v) is 8.67. The Morgan fingerprint density at radius 3 is 1.78 bits per heavy atom. The van der Waals surface area contributed by atoms with Crippen molar-refractivity contribution in [1.82, 2.24) is 5.32 Å². The molecule has 1 heteroatoms. The van der Waals surface area contributed by atoms with Crippen LogP contribution in [-0.4, -0.2) is 12.6 Å². The fourth-order valence-electron chi connectivity index (χ4n) is 4.91. The van der Waals surface area contributed by atoms with Crippen LogP contribution in [0.4, 0.5) is 0 Å². The highest BCUT2D eigenvalue weighted by Gasteiger charge is 2.32. The van der Waals surface area contributed by atoms with Crippen LogP contribution in [0.5, 0.6) is 0 Å². The highest BCUT2D eigenvalue weighted by molar-refractivity contribution is 4.86. The number of hydrogen-bond acceptors (Lipinski definition) is 1. The van der Waals surface area contributed by atoms with Crippen LogP contribution in [0.1, 0.15) is 77.0 Å². The highest BCUT2D eigenvalue weighted by atomic mass is 14.9. The molecular weight excluding hydrogens is 218 g/mol. The maximum Gasteiger partial charge on any atom is 0.00953 e. The average Bonchev–Trinajstić information content (AvgIpc) is 2.49. The standard InChI is InChI=1S/C17H31N/c1-2-6-14(7-3-1)15-9-11-16(12-10-15)17-8-4-5-13-18-17/h14-18H,1-13H2. The quantitative estimate of drug-likeness (QED) is 0.759. The smallest absolute Gasteiger partial charge is 0.00953 e. The summed E-state index contributed by atoms with van der Waals surface area (Å²) in [6, 6.07) is 0.881. The van der Waals surface area contributed by atoms with Gasteiger partial charge in [0.15, 0.2) is 0 Å². The van der Waals surface area contributed by atoms with Crippen LogP contribution >= 0.6 is 0 Å². The lowest BCUT2D eigenvalue weighted by Gasteiger charge is -2.39. The lowest BCUT2D eigenvalue weighted by molar-refractivity contribution is 0.140. The van der Waals surface area contributed by atoms with Gasteiger partial charge in [0.2, 0.25) is 0 Å². The van der Waals surface area contributed by atoms with Crippen LogP contribution in [0.25, 0.3) is 0 Å². The predicted octanol–water partition coefficient (Wildman–Crippen LogP) is 4.52. The SMILES string of the molecule is C1CCC(C2CCC(C3CCCCN3)CC2)CC1. The lowest BCUT2D eigenvalue weighted by Crippen LogP contribution is -2.41. The minimum Gasteiger partial charge on any atom is -0.314 e. The van der Waals surface area contributed by atoms with Gasteiger partial charge >= 0.3 is 0 Å². The van der Waals surface area contributed by atoms with E-state index in [2.05, 4.69) is 5.32 Å². The van der Waals surface area contributed by atoms with Crippen molar-refractivity contribution in [2.24, 2.45) is 17.8 Å². The molecule has 1 atom stereocenters. The highest BCUT2D eigenvalue weighted by Crippen LogP contribution is 2.41. The molecule has 2 aliphatic carbocycles. The van der Waals surface area contributed by atoms with E-state index in [0.717, 1.165) is 23.8 Å². The van der Waals surface area contributed by atoms with Crippen molar-refractivity contribution in [1.29, 1.82) is 0 Å². The van der Waals surface area contributed by atoms with Crippen LogP contribution in [0, 0.1) is 17.8 Å². The first-order chi connectivity index (χ1) is 8.93. The van der Waals surface area contributed by atoms with Gasteiger partial charge in [0.25, 0.3) is 0 Å². The topological polar surface area (TPSA) is 12.0 Å². The summed E-state index contributed by atoms with van der Waals surface area (Å²) in [6.07, 6.45) is 18.2. The zero-order chi connectivity index (χ0) is 12.2. The Labute approximate surface area is 113 Å². The molecule has 104 valence electrons. The summed E-state index contributed by atoms with van der Waals surface area (Å²) in [5.41, 5.74) is 0. The molecule has 0 aromatic carbocycles. The summed E-state index contributed by atoms with van der Waals surface area (Å²) in [4.78, 5) is 0. The van der Waals surface area contributed by atoms with Gasteiger partial charge in [-0.05, 0) is 62.8 Å². The van der Waals surface area contributed by atoms with Gasteiger partial charge in [-0.15, -0.1) is 0 Å². The Morgan fingerprint density at radius 2 is 1.11 bits per heavy atom. The van der Waals surface area contributed by atoms with Crippen molar-refractivity contribution in [3.8, 4) is 0 Å². The van der Waals surface area contributed by atoms with Gasteiger partial charge in [0, 0.05) is 6.04 Å². The number of nitrogens with one attached hydrogen (secondary N) is 1. The first kappa shape index (κ1) is 13.0. The van der Waals surface area contributed by atoms with Gasteiger partial charge in [0.1, 0.15) is 0 Å². The van der Waals surface area contributed by atoms with Crippen LogP contribution in [0.2, 0.25) is 0 Å². The molecule has 0 aromatic rings. The summed E-state index contributed by atoms with van der Waals surface area (Å²) in [7, 11) is 0. The third kappa shape index (κ3) is 3.10. The Morgan fingerprint density at radius 1 is 0.500 bits per heavy atom. The van der Waals surface area contributed by atoms with Crippen LogP contribution in [0.3, 0.4) is 0 Å². The first-order valence-electron chi connectivity index (χ1n) is 8.67. The van der Waals surface area contributed by atoms with Crippen LogP contribution in [0.15, 0.2) is 0 Å². The fourth-order valence-corrected chi connectivity index (χ4v) is 4.91. The minimum absolute atomic E-state index is 0.881. The second kappa shape index (κ2) is 6.41. The lowest BCUT2D eigenvalue weighted by atomic mass is 9.69. The largest absolute Gasteiger partial charge is 0.314 e. The molecule has 3 rings (SSSR count). The molecule has 18 heavy (non-hydrogen) atoms. The van der Waals surface area contributed by atoms with Crippen molar-refractivity contribution >= 4 is 0 Å². The zero-order valence-electron chi connectivity index (χ0n) is 12.0. The Hall–Kier alpha value is -0.0400. The Bertz CT molecular complexity index is 204. The number of piperidine rings is 1. The van der Waals surface area contributed by atoms with Crippen molar-refractivity contribution in [3.63, 3.8) is 0 Å². The molecule has 1 saturated heterocycles. The van der Waals surface area contributed by atoms with Gasteiger partial charge in [0.05, 0.1) is 0 Å². The third-order valence-corrected chi connectivity index (χ3v) is 6.05. The second-order valence-electron chi connectivity index (χ2n) is 7.13. The van der Waals surface area contributed by atoms with Crippen LogP contribution < -0.4 is 5.32 Å². The van der Waals surface area contributed by atoms with E-state index in [1.807, 2.05) is 0 Å². The van der Waals surface area contributed by atoms with Gasteiger partial charge < -0.3 is 5.32 Å². The maximum atomic E-state index is 3.78. The van der Waals surface area contributed by atoms with E-state index in [1.54, 1.807) is 25.7 Å². The van der Waals surface area contributed by atoms with Gasteiger partial charge in [-0.3, -0.25) is 0 Å². The minimum atomic E-state index is 0.881. The monoisotopic (exact) mass is 249 g/mol. The molecule has 0 bridgehead atoms. The molecule has 3 aliphatic rings. The van der Waals surface area contributed by atoms with Crippen molar-refractivity contribution < 1.29 is 0 Å². The van der Waals surface area contributed by atoms with Crippen LogP contribution in [-0.2, 0) is 0 Å². The number of rotatable bonds is 2. The molecule has 3 fully saturated rings. The Balaban J connectivity index is 1.45. The molecule has 1 unspecified atom stereocenters. The summed E-state index contributed by atoms with van der Waals surface area (Å²) < 4.78 is 0. The summed E-state index contributed by atoms with van der Waals surface area (Å²) >= 11 is 0. The third-order valence-electron chi connectivity index (χ3n) is 6.05. The molecule has 1 nitrogen and oxygen atoms in total. The molecule has 1 aliphatic heterocycles. The van der Waals surface area contributed by atoms with E-state index in [-0.39, 0.29) is 0 Å². The molecule has 0 radical (unpaired) electrons. The van der Waals surface area contributed by atoms with Crippen molar-refractivity contribution in [3.05, 3.63) is 0 Å². The van der Waals surface area contributed by atoms with E-state index in [9.17, 15) is 0 Å². The predicted molar refractivity (Wildman–Crippen MR) is 77.7 cm³/mol. The molecular formula is C17H31N. The molecule has 2 saturated carbocycles. The summed E-state index contributed by atoms with van der Waals surface area (Å²) in [5.74, 6) is 3.23. The van der Waals surface area contributed by atoms with E-state index in [4.69, 9.17) is 0 Å². The van der Waals surface area contributed by atoms with E-state index >= 15 is 0 Å². The molecule has 0 spiro atoms. The number of hydrogen-bond donors (Lipinski definition) is 1. The molecule has 1 N–H and O–H groups in total. The Kier molecular flexibility index (Phi) is 4.62. The van der Waals surface area contributed by atoms with Gasteiger partial charge in [-0.2, -0.15) is 0 Å². The fraction of sp³-hybridized carbons (Fsp3) is 1.00. The average molecular weight is 249 g/mol. The molecule has 0 aromatic heterocycles. The summed E-state index contributed by atoms with van der Waals surface area (Å²) in [6.45, 7) is 1.28. The van der Waals surface area contributed by atoms with E-state index in [0.29, 0.717) is 0 Å². The molecule has 1 heterocycles. The van der Waals surface area contributed by atoms with Gasteiger partial charge in [-0.25, -0.2) is 0 Å². The summed E-state index contributed by atoms with van der Waals surface area (Å²) in [5, 5.41) is 3.78. The van der Waals surface area contributed by atoms with E-state index < -0.39 is 0 Å². The van der Waals surface area contributed by atoms with Gasteiger partial charge in [-0.1, -0.05) is 38.5 Å². The zero-order valence-corrected chi connectivity index (χ0v) is 12.0. The molecule has 0 amide bonds. The maximum absolute atomic E-state index is 3.78. The van der Waals surface area contributed by atoms with Crippen molar-refractivity contribution in [2.45, 2.75) is 83.1 Å². The second-order valence-corrected chi connectivity index (χ2v) is 7.13. The normalized spacial score (nSPS) is 39.7. The van der Waals surface area contributed by atoms with Crippen molar-refractivity contribution in [2.75, 3.05) is 6.54 Å².